The van der Waals surface area contributed by atoms with Crippen molar-refractivity contribution < 1.29 is 150 Å². The molecule has 0 aromatic heterocycles. The fourth-order valence-electron chi connectivity index (χ4n) is 12.3. The highest BCUT2D eigenvalue weighted by atomic mass is 32.2. The Bertz CT molecular complexity index is 2820. The zero-order valence-corrected chi connectivity index (χ0v) is 66.7. The second-order valence-electron chi connectivity index (χ2n) is 28.0. The fourth-order valence-corrected chi connectivity index (χ4v) is 13.6. The Hall–Kier alpha value is -5.12. The number of hydrogen-bond acceptors (Lipinski definition) is 31. The number of phosphoric ester groups is 1. The van der Waals surface area contributed by atoms with Gasteiger partial charge in [0.2, 0.25) is 47.3 Å². The monoisotopic (exact) mass is 1650 g/mol. The second-order valence-corrected chi connectivity index (χ2v) is 30.6. The maximum atomic E-state index is 14.5. The third-order valence-corrected chi connectivity index (χ3v) is 20.8. The zero-order valence-electron chi connectivity index (χ0n) is 64.9. The number of aliphatic hydroxyl groups is 9. The van der Waals surface area contributed by atoms with Crippen LogP contribution in [0.2, 0.25) is 0 Å². The topological polar surface area (TPSA) is 593 Å². The van der Waals surface area contributed by atoms with Crippen LogP contribution in [-0.4, -0.2) is 319 Å². The molecular weight excluding hydrogens is 1520 g/mol. The number of ether oxygens (including phenoxy) is 8. The Labute approximate surface area is 658 Å². The lowest BCUT2D eigenvalue weighted by atomic mass is 9.90. The molecule has 41 heteroatoms. The van der Waals surface area contributed by atoms with Crippen molar-refractivity contribution in [1.29, 1.82) is 0 Å². The molecular formula is C71H127N8O31PS. The Kier molecular flexibility index (Phi) is 52.2. The van der Waals surface area contributed by atoms with Crippen LogP contribution in [0.1, 0.15) is 162 Å². The van der Waals surface area contributed by atoms with Gasteiger partial charge in [-0.25, -0.2) is 4.57 Å². The molecule has 648 valence electrons. The van der Waals surface area contributed by atoms with E-state index in [0.717, 1.165) is 7.11 Å². The van der Waals surface area contributed by atoms with Crippen molar-refractivity contribution >= 4 is 78.4 Å². The molecule has 0 radical (unpaired) electrons. The first-order valence-corrected chi connectivity index (χ1v) is 41.4. The minimum absolute atomic E-state index is 0.0219. The molecule has 39 nitrogen and oxygen atoms in total. The third kappa shape index (κ3) is 41.1. The molecule has 19 N–H and O–H groups in total. The second kappa shape index (κ2) is 57.9. The van der Waals surface area contributed by atoms with E-state index in [1.54, 1.807) is 6.92 Å². The Balaban J connectivity index is 1.65. The van der Waals surface area contributed by atoms with Crippen LogP contribution in [0.3, 0.4) is 0 Å². The summed E-state index contributed by atoms with van der Waals surface area (Å²) in [5, 5.41) is 110. The summed E-state index contributed by atoms with van der Waals surface area (Å²) in [5.74, 6) is -6.33. The van der Waals surface area contributed by atoms with Crippen LogP contribution in [0, 0.1) is 17.8 Å². The Morgan fingerprint density at radius 2 is 0.929 bits per heavy atom. The van der Waals surface area contributed by atoms with Gasteiger partial charge >= 0.3 is 7.82 Å². The summed E-state index contributed by atoms with van der Waals surface area (Å²) in [7, 11) is -2.98. The van der Waals surface area contributed by atoms with Crippen LogP contribution >= 0.6 is 19.6 Å². The number of phosphoric acid groups is 1. The van der Waals surface area contributed by atoms with Crippen molar-refractivity contribution in [2.24, 2.45) is 23.5 Å². The fraction of sp³-hybridized carbons (Fsp3) is 0.859. The number of nitrogens with one attached hydrogen (secondary N) is 7. The van der Waals surface area contributed by atoms with E-state index in [2.05, 4.69) is 41.7 Å². The van der Waals surface area contributed by atoms with Gasteiger partial charge in [0, 0.05) is 117 Å². The summed E-state index contributed by atoms with van der Waals surface area (Å²) in [4.78, 5) is 140. The highest BCUT2D eigenvalue weighted by Gasteiger charge is 2.47. The first-order chi connectivity index (χ1) is 53.5. The van der Waals surface area contributed by atoms with Crippen molar-refractivity contribution in [2.75, 3.05) is 117 Å². The number of hydrogen-bond donors (Lipinski definition) is 18. The van der Waals surface area contributed by atoms with Crippen molar-refractivity contribution in [3.63, 3.8) is 0 Å². The van der Waals surface area contributed by atoms with Gasteiger partial charge in [0.1, 0.15) is 67.5 Å². The number of Topliss-reactive ketones (excluding diaryl/α,β-unsaturated/α-hetero) is 2. The normalized spacial score (nSPS) is 25.1. The minimum Gasteiger partial charge on any atom is -0.394 e. The Morgan fingerprint density at radius 3 is 1.40 bits per heavy atom. The zero-order chi connectivity index (χ0) is 83.0. The largest absolute Gasteiger partial charge is 0.471 e. The molecule has 0 aromatic carbocycles. The summed E-state index contributed by atoms with van der Waals surface area (Å²) < 4.78 is 65.7. The van der Waals surface area contributed by atoms with Crippen molar-refractivity contribution in [3.05, 3.63) is 0 Å². The van der Waals surface area contributed by atoms with Gasteiger partial charge in [0.05, 0.1) is 64.1 Å². The van der Waals surface area contributed by atoms with Gasteiger partial charge in [-0.3, -0.25) is 57.0 Å². The average Bonchev–Trinajstić information content (AvgIpc) is 0.814. The molecule has 3 heterocycles. The molecule has 0 saturated carbocycles. The van der Waals surface area contributed by atoms with Gasteiger partial charge < -0.3 is 132 Å². The first-order valence-electron chi connectivity index (χ1n) is 38.7. The number of aliphatic hydroxyl groups excluding tert-OH is 9. The van der Waals surface area contributed by atoms with Gasteiger partial charge in [-0.2, -0.15) is 11.8 Å². The molecule has 1 unspecified atom stereocenters. The maximum Gasteiger partial charge on any atom is 0.471 e. The number of primary amides is 1. The van der Waals surface area contributed by atoms with E-state index in [1.807, 2.05) is 0 Å². The van der Waals surface area contributed by atoms with Crippen LogP contribution in [0.15, 0.2) is 0 Å². The number of rotatable bonds is 63. The molecule has 3 saturated heterocycles. The summed E-state index contributed by atoms with van der Waals surface area (Å²) in [6, 6.07) is -3.44. The van der Waals surface area contributed by atoms with Crippen LogP contribution in [0.4, 0.5) is 0 Å². The number of unbranched alkanes of at least 4 members (excludes halogenated alkanes) is 7. The summed E-state index contributed by atoms with van der Waals surface area (Å²) in [6.07, 6.45) is -9.60. The number of nitrogens with two attached hydrogens (primary N) is 1. The molecule has 3 fully saturated rings. The Morgan fingerprint density at radius 1 is 0.491 bits per heavy atom. The van der Waals surface area contributed by atoms with Crippen molar-refractivity contribution in [1.82, 2.24) is 37.2 Å². The molecule has 0 bridgehead atoms. The van der Waals surface area contributed by atoms with Gasteiger partial charge in [-0.05, 0) is 102 Å². The lowest BCUT2D eigenvalue weighted by Crippen LogP contribution is -2.64. The molecule has 3 rings (SSSR count). The van der Waals surface area contributed by atoms with Crippen LogP contribution in [0.5, 0.6) is 0 Å². The SMILES string of the molecule is COP(=O)(O)OCCCCSCC(=O)NCCOCCOCC(=O)C[C@@H](CCCCNC(=O)CCCCO[C@@H]1O[C@H](CO)[C@H](O)[C@H](O)[C@H]1NC(C)=O)C(=O)N[C@@H](CCCCNC(=O)CCCCO[C@@H]1O[C@H](CO)[C@H](O)[C@H](O)[C@H]1C)C(=O)C[C@@H](CCCCNC(=O)CCCCO[C@@H]1O[C@H](CO)[C@H](O)[C@H](O)[C@H]1NC(C)=O)C(N)=O. The summed E-state index contributed by atoms with van der Waals surface area (Å²) >= 11 is 1.37. The molecule has 3 aliphatic rings. The highest BCUT2D eigenvalue weighted by molar-refractivity contribution is 7.99. The minimum atomic E-state index is -4.05. The first kappa shape index (κ1) is 101. The van der Waals surface area contributed by atoms with Crippen LogP contribution in [-0.2, 0) is 99.5 Å². The van der Waals surface area contributed by atoms with E-state index < -0.39 is 179 Å². The predicted octanol–water partition coefficient (Wildman–Crippen LogP) is -3.08. The van der Waals surface area contributed by atoms with Crippen LogP contribution in [0.25, 0.3) is 0 Å². The number of carbonyl (C=O) groups is 10. The van der Waals surface area contributed by atoms with Gasteiger partial charge in [-0.15, -0.1) is 0 Å². The van der Waals surface area contributed by atoms with Crippen LogP contribution < -0.4 is 43.0 Å². The smallest absolute Gasteiger partial charge is 0.394 e. The molecule has 19 atom stereocenters. The molecule has 3 aliphatic heterocycles. The molecule has 0 spiro atoms. The van der Waals surface area contributed by atoms with E-state index in [9.17, 15) is 103 Å². The highest BCUT2D eigenvalue weighted by Crippen LogP contribution is 2.42. The van der Waals surface area contributed by atoms with E-state index >= 15 is 0 Å². The number of amides is 8. The number of carbonyl (C=O) groups excluding carboxylic acids is 10. The van der Waals surface area contributed by atoms with E-state index in [1.165, 1.54) is 25.6 Å². The van der Waals surface area contributed by atoms with Gasteiger partial charge in [0.15, 0.2) is 30.4 Å². The molecule has 0 aliphatic carbocycles. The number of thioether (sulfide) groups is 1. The predicted molar refractivity (Wildman–Crippen MR) is 399 cm³/mol. The maximum absolute atomic E-state index is 14.5. The van der Waals surface area contributed by atoms with E-state index in [0.29, 0.717) is 95.6 Å². The molecule has 0 aromatic rings. The lowest BCUT2D eigenvalue weighted by molar-refractivity contribution is -0.282. The molecule has 112 heavy (non-hydrogen) atoms. The molecule has 8 amide bonds. The lowest BCUT2D eigenvalue weighted by Gasteiger charge is -2.42. The quantitative estimate of drug-likeness (QED) is 0.0212. The van der Waals surface area contributed by atoms with E-state index in [-0.39, 0.29) is 153 Å². The summed E-state index contributed by atoms with van der Waals surface area (Å²) in [5.41, 5.74) is 5.88. The van der Waals surface area contributed by atoms with Crippen molar-refractivity contribution in [2.45, 2.75) is 254 Å². The van der Waals surface area contributed by atoms with Gasteiger partial charge in [-0.1, -0.05) is 19.8 Å². The average molecular weight is 1650 g/mol. The van der Waals surface area contributed by atoms with Gasteiger partial charge in [0.25, 0.3) is 0 Å². The van der Waals surface area contributed by atoms with Crippen molar-refractivity contribution in [3.8, 4) is 0 Å². The third-order valence-electron chi connectivity index (χ3n) is 18.8. The van der Waals surface area contributed by atoms with E-state index in [4.69, 9.17) is 48.2 Å². The number of ketones is 2. The summed E-state index contributed by atoms with van der Waals surface area (Å²) in [6.45, 7) is 3.12. The standard InChI is InChI=1S/C71H127N8O31PS/c1-44-61(91)62(92)52(39-80)108-69(44)104-29-14-8-22-57(89)75-27-13-7-21-50(51(86)38-47(67(72)97)19-5-11-25-73-55(87)23-9-15-30-105-70-59(77-45(2)83)65(95)63(93)53(40-81)109-70)79-68(98)48(37-49(85)42-103-35-34-102-33-28-76-58(90)43-112-36-18-17-32-107-111(99,100)101-4)20-6-12-26-74-56(88)24-10-16-31-106-71-60(78-46(3)84)66(96)64(94)54(41-82)110-71/h44,47-48,50,52-54,59-66,69-71,80-82,91-96H,5-43H2,1-4H3,(H2,72,97)(H,73,87)(H,74,88)(H,75,89)(H,76,90)(H,77,83)(H,78,84)(H,79,98)(H,99,100)/t44-,47-,48-,50+,52-,53-,54-,59-,60-,61-,62+,63+,64+,65-,66-,69-,70-,71-/m1/s1.